The van der Waals surface area contributed by atoms with Gasteiger partial charge in [-0.1, -0.05) is 6.07 Å². The zero-order valence-electron chi connectivity index (χ0n) is 10.3. The third kappa shape index (κ3) is 2.22. The lowest BCUT2D eigenvalue weighted by molar-refractivity contribution is -0.0597. The summed E-state index contributed by atoms with van der Waals surface area (Å²) in [5.74, 6) is 0.561. The number of methoxy groups -OCH3 is 1. The second-order valence-corrected chi connectivity index (χ2v) is 4.26. The van der Waals surface area contributed by atoms with Gasteiger partial charge in [-0.15, -0.1) is 0 Å². The van der Waals surface area contributed by atoms with Crippen molar-refractivity contribution in [3.8, 4) is 5.88 Å². The Morgan fingerprint density at radius 3 is 2.89 bits per heavy atom. The molecule has 96 valence electrons. The molecule has 1 aromatic carbocycles. The number of hydroxylamine groups is 2. The second kappa shape index (κ2) is 5.19. The lowest BCUT2D eigenvalue weighted by Gasteiger charge is -2.14. The van der Waals surface area contributed by atoms with Gasteiger partial charge in [-0.3, -0.25) is 4.84 Å². The van der Waals surface area contributed by atoms with Crippen LogP contribution in [-0.2, 0) is 4.84 Å². The van der Waals surface area contributed by atoms with Crippen molar-refractivity contribution in [1.29, 1.82) is 0 Å². The molecule has 0 atom stereocenters. The zero-order valence-corrected chi connectivity index (χ0v) is 11.1. The summed E-state index contributed by atoms with van der Waals surface area (Å²) in [4.78, 5) is 16.5. The van der Waals surface area contributed by atoms with Crippen molar-refractivity contribution in [3.63, 3.8) is 0 Å². The first kappa shape index (κ1) is 12.6. The molecule has 1 heterocycles. The van der Waals surface area contributed by atoms with E-state index in [0.29, 0.717) is 11.6 Å². The van der Waals surface area contributed by atoms with Gasteiger partial charge >= 0.3 is 6.03 Å². The Morgan fingerprint density at radius 1 is 1.44 bits per heavy atom. The summed E-state index contributed by atoms with van der Waals surface area (Å²) < 4.78 is 10.2. The van der Waals surface area contributed by atoms with Crippen LogP contribution in [0.5, 0.6) is 5.88 Å². The highest BCUT2D eigenvalue weighted by Gasteiger charge is 2.13. The smallest absolute Gasteiger partial charge is 0.345 e. The van der Waals surface area contributed by atoms with Crippen molar-refractivity contribution >= 4 is 33.3 Å². The predicted octanol–water partition coefficient (Wildman–Crippen LogP) is 2.33. The number of carbonyl (C=O) groups is 1. The molecule has 1 N–H and O–H groups in total. The van der Waals surface area contributed by atoms with Crippen LogP contribution in [0, 0.1) is 0 Å². The van der Waals surface area contributed by atoms with E-state index < -0.39 is 0 Å². The molecule has 0 aliphatic heterocycles. The minimum atomic E-state index is -0.350. The van der Waals surface area contributed by atoms with Gasteiger partial charge in [0.25, 0.3) is 0 Å². The van der Waals surface area contributed by atoms with E-state index in [1.807, 2.05) is 12.1 Å². The van der Waals surface area contributed by atoms with Crippen LogP contribution in [-0.4, -0.2) is 36.7 Å². The first-order chi connectivity index (χ1) is 8.67. The molecule has 0 bridgehead atoms. The first-order valence-electron chi connectivity index (χ1n) is 5.18. The number of rotatable bonds is 3. The SMILES string of the molecule is COc1nsc2c(NC(=O)N(C)OC)cccc12. The highest BCUT2D eigenvalue weighted by atomic mass is 32.1. The summed E-state index contributed by atoms with van der Waals surface area (Å²) in [6, 6.07) is 5.19. The van der Waals surface area contributed by atoms with Crippen LogP contribution in [0.15, 0.2) is 18.2 Å². The molecular formula is C11H13N3O3S. The maximum Gasteiger partial charge on any atom is 0.345 e. The molecule has 7 heteroatoms. The third-order valence-corrected chi connectivity index (χ3v) is 3.34. The van der Waals surface area contributed by atoms with Crippen LogP contribution >= 0.6 is 11.5 Å². The standard InChI is InChI=1S/C11H13N3O3S/c1-14(17-3)11(15)12-8-6-4-5-7-9(8)18-13-10(7)16-2/h4-6H,1-3H3,(H,12,15). The molecule has 2 rings (SSSR count). The summed E-state index contributed by atoms with van der Waals surface area (Å²) in [5.41, 5.74) is 0.683. The molecular weight excluding hydrogens is 254 g/mol. The average molecular weight is 267 g/mol. The first-order valence-corrected chi connectivity index (χ1v) is 5.96. The fourth-order valence-electron chi connectivity index (χ4n) is 1.46. The Bertz CT molecular complexity index is 570. The van der Waals surface area contributed by atoms with Crippen molar-refractivity contribution in [2.24, 2.45) is 0 Å². The van der Waals surface area contributed by atoms with E-state index in [2.05, 4.69) is 9.69 Å². The second-order valence-electron chi connectivity index (χ2n) is 3.48. The van der Waals surface area contributed by atoms with E-state index >= 15 is 0 Å². The molecule has 0 aliphatic rings. The number of carbonyl (C=O) groups excluding carboxylic acids is 1. The van der Waals surface area contributed by atoms with Crippen LogP contribution < -0.4 is 10.1 Å². The molecule has 6 nitrogen and oxygen atoms in total. The number of ether oxygens (including phenoxy) is 1. The van der Waals surface area contributed by atoms with Crippen LogP contribution in [0.2, 0.25) is 0 Å². The van der Waals surface area contributed by atoms with Gasteiger partial charge in [0.2, 0.25) is 5.88 Å². The Morgan fingerprint density at radius 2 is 2.22 bits per heavy atom. The summed E-state index contributed by atoms with van der Waals surface area (Å²) >= 11 is 1.28. The highest BCUT2D eigenvalue weighted by Crippen LogP contribution is 2.33. The highest BCUT2D eigenvalue weighted by molar-refractivity contribution is 7.14. The molecule has 0 fully saturated rings. The predicted molar refractivity (Wildman–Crippen MR) is 70.0 cm³/mol. The van der Waals surface area contributed by atoms with Gasteiger partial charge < -0.3 is 10.1 Å². The lowest BCUT2D eigenvalue weighted by atomic mass is 10.2. The number of hydrogen-bond acceptors (Lipinski definition) is 5. The molecule has 0 saturated heterocycles. The molecule has 0 unspecified atom stereocenters. The maximum atomic E-state index is 11.7. The molecule has 2 aromatic rings. The van der Waals surface area contributed by atoms with Crippen molar-refractivity contribution in [3.05, 3.63) is 18.2 Å². The van der Waals surface area contributed by atoms with Crippen molar-refractivity contribution in [2.75, 3.05) is 26.6 Å². The van der Waals surface area contributed by atoms with E-state index in [1.165, 1.54) is 25.7 Å². The van der Waals surface area contributed by atoms with Crippen LogP contribution in [0.25, 0.3) is 10.1 Å². The van der Waals surface area contributed by atoms with Gasteiger partial charge in [-0.05, 0) is 23.7 Å². The Hall–Kier alpha value is -1.86. The minimum absolute atomic E-state index is 0.350. The zero-order chi connectivity index (χ0) is 13.1. The number of hydrogen-bond donors (Lipinski definition) is 1. The third-order valence-electron chi connectivity index (χ3n) is 2.46. The average Bonchev–Trinajstić information content (AvgIpc) is 2.81. The van der Waals surface area contributed by atoms with E-state index in [9.17, 15) is 4.79 Å². The number of benzene rings is 1. The monoisotopic (exact) mass is 267 g/mol. The van der Waals surface area contributed by atoms with E-state index in [1.54, 1.807) is 13.2 Å². The van der Waals surface area contributed by atoms with E-state index in [-0.39, 0.29) is 6.03 Å². The van der Waals surface area contributed by atoms with Gasteiger partial charge in [-0.25, -0.2) is 9.86 Å². The molecule has 1 aromatic heterocycles. The Labute approximate surface area is 108 Å². The topological polar surface area (TPSA) is 63.7 Å². The summed E-state index contributed by atoms with van der Waals surface area (Å²) in [7, 11) is 4.52. The fraction of sp³-hybridized carbons (Fsp3) is 0.273. The minimum Gasteiger partial charge on any atom is -0.480 e. The quantitative estimate of drug-likeness (QED) is 0.867. The Balaban J connectivity index is 2.34. The summed E-state index contributed by atoms with van der Waals surface area (Å²) in [5, 5.41) is 4.73. The van der Waals surface area contributed by atoms with Gasteiger partial charge in [-0.2, -0.15) is 4.37 Å². The number of amides is 2. The summed E-state index contributed by atoms with van der Waals surface area (Å²) in [6.07, 6.45) is 0. The number of nitrogens with zero attached hydrogens (tertiary/aromatic N) is 2. The van der Waals surface area contributed by atoms with Gasteiger partial charge in [0.1, 0.15) is 0 Å². The van der Waals surface area contributed by atoms with Crippen molar-refractivity contribution < 1.29 is 14.4 Å². The maximum absolute atomic E-state index is 11.7. The molecule has 2 amide bonds. The number of fused-ring (bicyclic) bond motifs is 1. The molecule has 0 aliphatic carbocycles. The van der Waals surface area contributed by atoms with Gasteiger partial charge in [0.15, 0.2) is 0 Å². The van der Waals surface area contributed by atoms with Gasteiger partial charge in [0.05, 0.1) is 30.0 Å². The molecule has 0 saturated carbocycles. The van der Waals surface area contributed by atoms with Gasteiger partial charge in [0, 0.05) is 7.05 Å². The summed E-state index contributed by atoms with van der Waals surface area (Å²) in [6.45, 7) is 0. The van der Waals surface area contributed by atoms with Crippen molar-refractivity contribution in [1.82, 2.24) is 9.44 Å². The van der Waals surface area contributed by atoms with Crippen LogP contribution in [0.3, 0.4) is 0 Å². The normalized spacial score (nSPS) is 10.4. The van der Waals surface area contributed by atoms with Crippen molar-refractivity contribution in [2.45, 2.75) is 0 Å². The van der Waals surface area contributed by atoms with Crippen LogP contribution in [0.1, 0.15) is 0 Å². The number of anilines is 1. The largest absolute Gasteiger partial charge is 0.480 e. The fourth-order valence-corrected chi connectivity index (χ4v) is 2.28. The van der Waals surface area contributed by atoms with E-state index in [4.69, 9.17) is 9.57 Å². The number of aromatic nitrogens is 1. The molecule has 0 spiro atoms. The number of nitrogens with one attached hydrogen (secondary N) is 1. The van der Waals surface area contributed by atoms with Crippen LogP contribution in [0.4, 0.5) is 10.5 Å². The Kier molecular flexibility index (Phi) is 3.63. The lowest BCUT2D eigenvalue weighted by Crippen LogP contribution is -2.30. The molecule has 0 radical (unpaired) electrons. The number of urea groups is 1. The molecule has 18 heavy (non-hydrogen) atoms. The van der Waals surface area contributed by atoms with E-state index in [0.717, 1.165) is 15.1 Å².